The zero-order chi connectivity index (χ0) is 29.5. The molecule has 1 aromatic carbocycles. The molecule has 1 aliphatic rings. The molecule has 0 spiro atoms. The van der Waals surface area contributed by atoms with Crippen molar-refractivity contribution in [2.45, 2.75) is 68.7 Å². The van der Waals surface area contributed by atoms with E-state index < -0.39 is 74.6 Å². The fourth-order valence-electron chi connectivity index (χ4n) is 3.96. The third-order valence-electron chi connectivity index (χ3n) is 6.09. The van der Waals surface area contributed by atoms with Crippen LogP contribution in [-0.4, -0.2) is 61.1 Å². The van der Waals surface area contributed by atoms with Crippen molar-refractivity contribution in [3.05, 3.63) is 65.7 Å². The summed E-state index contributed by atoms with van der Waals surface area (Å²) >= 11 is 0. The van der Waals surface area contributed by atoms with Crippen molar-refractivity contribution in [2.24, 2.45) is 0 Å². The van der Waals surface area contributed by atoms with Gasteiger partial charge in [-0.2, -0.15) is 13.2 Å². The standard InChI is InChI=1S/C26H30F4N4O5S/c1-2-4-20(22(35)25(37)32-19-10-11-19)34-24(36)21(15-40(38,39)14-16-5-3-12-31-13-16)33-23(26(28,29)30)17-6-8-18(27)9-7-17/h3,5-9,12-13,19-21,23,33H,2,4,10-11,14-15H2,1H3,(H,32,37)(H,34,36)/t20-,21-,23-/m0/s1. The topological polar surface area (TPSA) is 134 Å². The van der Waals surface area contributed by atoms with Crippen molar-refractivity contribution >= 4 is 27.4 Å². The van der Waals surface area contributed by atoms with E-state index in [9.17, 15) is 40.4 Å². The summed E-state index contributed by atoms with van der Waals surface area (Å²) in [6.45, 7) is 1.67. The van der Waals surface area contributed by atoms with Crippen molar-refractivity contribution in [2.75, 3.05) is 5.75 Å². The van der Waals surface area contributed by atoms with E-state index in [0.717, 1.165) is 24.3 Å². The Bertz CT molecular complexity index is 1290. The largest absolute Gasteiger partial charge is 0.407 e. The Morgan fingerprint density at radius 1 is 1.07 bits per heavy atom. The lowest BCUT2D eigenvalue weighted by Gasteiger charge is -2.28. The summed E-state index contributed by atoms with van der Waals surface area (Å²) in [5, 5.41) is 6.85. The maximum absolute atomic E-state index is 14.1. The first-order chi connectivity index (χ1) is 18.8. The van der Waals surface area contributed by atoms with Gasteiger partial charge in [0.15, 0.2) is 9.84 Å². The number of sulfone groups is 1. The number of Topliss-reactive ketones (excluding diaryl/α,β-unsaturated/α-hetero) is 1. The number of benzene rings is 1. The molecule has 0 unspecified atom stereocenters. The van der Waals surface area contributed by atoms with Gasteiger partial charge in [-0.05, 0) is 48.6 Å². The molecule has 1 fully saturated rings. The second-order valence-electron chi connectivity index (χ2n) is 9.62. The Kier molecular flexibility index (Phi) is 10.4. The highest BCUT2D eigenvalue weighted by Crippen LogP contribution is 2.33. The molecule has 0 bridgehead atoms. The van der Waals surface area contributed by atoms with E-state index in [1.807, 2.05) is 0 Å². The van der Waals surface area contributed by atoms with Gasteiger partial charge in [-0.15, -0.1) is 0 Å². The number of hydrogen-bond donors (Lipinski definition) is 3. The van der Waals surface area contributed by atoms with Crippen LogP contribution in [0.4, 0.5) is 17.6 Å². The normalized spacial score (nSPS) is 16.0. The summed E-state index contributed by atoms with van der Waals surface area (Å²) in [4.78, 5) is 42.2. The van der Waals surface area contributed by atoms with E-state index in [0.29, 0.717) is 19.3 Å². The van der Waals surface area contributed by atoms with E-state index in [4.69, 9.17) is 0 Å². The first-order valence-electron chi connectivity index (χ1n) is 12.6. The average molecular weight is 587 g/mol. The summed E-state index contributed by atoms with van der Waals surface area (Å²) in [5.74, 6) is -5.59. The van der Waals surface area contributed by atoms with Crippen molar-refractivity contribution < 1.29 is 40.4 Å². The van der Waals surface area contributed by atoms with E-state index >= 15 is 0 Å². The van der Waals surface area contributed by atoms with E-state index in [2.05, 4.69) is 20.9 Å². The van der Waals surface area contributed by atoms with Gasteiger partial charge >= 0.3 is 6.18 Å². The van der Waals surface area contributed by atoms with Crippen molar-refractivity contribution in [3.63, 3.8) is 0 Å². The van der Waals surface area contributed by atoms with Crippen LogP contribution in [0.5, 0.6) is 0 Å². The highest BCUT2D eigenvalue weighted by atomic mass is 32.2. The number of rotatable bonds is 14. The first-order valence-corrected chi connectivity index (χ1v) is 14.4. The van der Waals surface area contributed by atoms with Crippen LogP contribution in [0.25, 0.3) is 0 Å². The van der Waals surface area contributed by atoms with Gasteiger partial charge in [0.2, 0.25) is 11.7 Å². The second kappa shape index (κ2) is 13.3. The molecule has 0 radical (unpaired) electrons. The maximum atomic E-state index is 14.1. The predicted octanol–water partition coefficient (Wildman–Crippen LogP) is 2.53. The number of nitrogens with zero attached hydrogens (tertiary/aromatic N) is 1. The average Bonchev–Trinajstić information content (AvgIpc) is 3.70. The fourth-order valence-corrected chi connectivity index (χ4v) is 5.51. The molecular weight excluding hydrogens is 556 g/mol. The Morgan fingerprint density at radius 3 is 2.30 bits per heavy atom. The number of pyridine rings is 1. The van der Waals surface area contributed by atoms with Crippen LogP contribution in [0, 0.1) is 5.82 Å². The van der Waals surface area contributed by atoms with Crippen LogP contribution >= 0.6 is 0 Å². The van der Waals surface area contributed by atoms with Crippen LogP contribution in [0.3, 0.4) is 0 Å². The number of aromatic nitrogens is 1. The van der Waals surface area contributed by atoms with E-state index in [1.165, 1.54) is 24.5 Å². The van der Waals surface area contributed by atoms with Gasteiger partial charge in [0, 0.05) is 18.4 Å². The smallest absolute Gasteiger partial charge is 0.347 e. The van der Waals surface area contributed by atoms with Gasteiger partial charge in [0.1, 0.15) is 17.9 Å². The van der Waals surface area contributed by atoms with Crippen molar-refractivity contribution in [3.8, 4) is 0 Å². The minimum absolute atomic E-state index is 0.00151. The van der Waals surface area contributed by atoms with Gasteiger partial charge in [0.05, 0.1) is 17.5 Å². The summed E-state index contributed by atoms with van der Waals surface area (Å²) in [6.07, 6.45) is -0.587. The minimum atomic E-state index is -5.01. The monoisotopic (exact) mass is 586 g/mol. The molecule has 3 atom stereocenters. The molecule has 3 rings (SSSR count). The molecule has 0 saturated heterocycles. The number of nitrogens with one attached hydrogen (secondary N) is 3. The number of carbonyl (C=O) groups excluding carboxylic acids is 3. The van der Waals surface area contributed by atoms with Gasteiger partial charge in [0.25, 0.3) is 5.91 Å². The molecule has 40 heavy (non-hydrogen) atoms. The van der Waals surface area contributed by atoms with Gasteiger partial charge in [-0.1, -0.05) is 31.5 Å². The third-order valence-corrected chi connectivity index (χ3v) is 7.71. The van der Waals surface area contributed by atoms with Gasteiger partial charge in [-0.3, -0.25) is 24.7 Å². The number of hydrogen-bond acceptors (Lipinski definition) is 7. The molecule has 0 aliphatic heterocycles. The lowest BCUT2D eigenvalue weighted by molar-refractivity contribution is -0.160. The highest BCUT2D eigenvalue weighted by molar-refractivity contribution is 7.90. The molecule has 218 valence electrons. The minimum Gasteiger partial charge on any atom is -0.347 e. The molecule has 1 aliphatic carbocycles. The van der Waals surface area contributed by atoms with E-state index in [-0.39, 0.29) is 18.0 Å². The number of carbonyl (C=O) groups is 3. The van der Waals surface area contributed by atoms with Gasteiger partial charge < -0.3 is 10.6 Å². The molecule has 9 nitrogen and oxygen atoms in total. The summed E-state index contributed by atoms with van der Waals surface area (Å²) in [6, 6.07) is 0.218. The van der Waals surface area contributed by atoms with Crippen molar-refractivity contribution in [1.29, 1.82) is 0 Å². The third kappa shape index (κ3) is 9.37. The molecular formula is C26H30F4N4O5S. The summed E-state index contributed by atoms with van der Waals surface area (Å²) in [7, 11) is -4.21. The molecule has 2 amide bonds. The first kappa shape index (κ1) is 31.1. The maximum Gasteiger partial charge on any atom is 0.407 e. The molecule has 3 N–H and O–H groups in total. The summed E-state index contributed by atoms with van der Waals surface area (Å²) in [5.41, 5.74) is -0.204. The number of amides is 2. The molecule has 1 saturated carbocycles. The van der Waals surface area contributed by atoms with E-state index in [1.54, 1.807) is 6.92 Å². The Morgan fingerprint density at radius 2 is 1.75 bits per heavy atom. The lowest BCUT2D eigenvalue weighted by atomic mass is 10.0. The molecule has 14 heteroatoms. The quantitative estimate of drug-likeness (QED) is 0.229. The van der Waals surface area contributed by atoms with Crippen LogP contribution in [0.2, 0.25) is 0 Å². The van der Waals surface area contributed by atoms with Gasteiger partial charge in [-0.25, -0.2) is 12.8 Å². The SMILES string of the molecule is CCC[C@H](NC(=O)[C@H](CS(=O)(=O)Cc1cccnc1)N[C@@H](c1ccc(F)cc1)C(F)(F)F)C(=O)C(=O)NC1CC1. The number of alkyl halides is 3. The molecule has 2 aromatic rings. The lowest BCUT2D eigenvalue weighted by Crippen LogP contribution is -2.56. The van der Waals surface area contributed by atoms with Crippen LogP contribution in [0.15, 0.2) is 48.8 Å². The van der Waals surface area contributed by atoms with Crippen LogP contribution in [-0.2, 0) is 30.0 Å². The predicted molar refractivity (Wildman–Crippen MR) is 137 cm³/mol. The summed E-state index contributed by atoms with van der Waals surface area (Å²) < 4.78 is 81.7. The van der Waals surface area contributed by atoms with Crippen LogP contribution in [0.1, 0.15) is 49.8 Å². The second-order valence-corrected chi connectivity index (χ2v) is 11.7. The Labute approximate surface area is 229 Å². The Balaban J connectivity index is 1.89. The van der Waals surface area contributed by atoms with Crippen LogP contribution < -0.4 is 16.0 Å². The highest BCUT2D eigenvalue weighted by Gasteiger charge is 2.44. The van der Waals surface area contributed by atoms with Crippen molar-refractivity contribution in [1.82, 2.24) is 20.9 Å². The Hall–Kier alpha value is -3.39. The molecule has 1 aromatic heterocycles. The zero-order valence-electron chi connectivity index (χ0n) is 21.6. The number of ketones is 1. The zero-order valence-corrected chi connectivity index (χ0v) is 22.4. The fraction of sp³-hybridized carbons (Fsp3) is 0.462. The number of halogens is 4. The molecule has 1 heterocycles.